The molecule has 122 valence electrons. The molecular weight excluding hydrogens is 280 g/mol. The molecular formula is C17H26N2O3. The molecule has 0 fully saturated rings. The van der Waals surface area contributed by atoms with Gasteiger partial charge in [-0.15, -0.1) is 0 Å². The van der Waals surface area contributed by atoms with Gasteiger partial charge in [-0.1, -0.05) is 26.5 Å². The molecule has 5 heteroatoms. The highest BCUT2D eigenvalue weighted by Gasteiger charge is 2.21. The summed E-state index contributed by atoms with van der Waals surface area (Å²) in [5.41, 5.74) is 6.33. The Morgan fingerprint density at radius 1 is 1.36 bits per heavy atom. The van der Waals surface area contributed by atoms with Crippen molar-refractivity contribution in [3.8, 4) is 11.5 Å². The van der Waals surface area contributed by atoms with Crippen LogP contribution in [0.1, 0.15) is 37.0 Å². The number of carbonyl (C=O) groups excluding carboxylic acids is 1. The lowest BCUT2D eigenvalue weighted by Crippen LogP contribution is -2.49. The molecule has 0 saturated heterocycles. The van der Waals surface area contributed by atoms with Gasteiger partial charge in [-0.05, 0) is 31.0 Å². The molecule has 0 heterocycles. The Kier molecular flexibility index (Phi) is 6.92. The molecule has 0 radical (unpaired) electrons. The van der Waals surface area contributed by atoms with Crippen LogP contribution in [-0.4, -0.2) is 31.7 Å². The van der Waals surface area contributed by atoms with Gasteiger partial charge >= 0.3 is 0 Å². The third kappa shape index (κ3) is 4.77. The summed E-state index contributed by atoms with van der Waals surface area (Å²) in [6, 6.07) is 5.07. The fourth-order valence-electron chi connectivity index (χ4n) is 1.94. The maximum Gasteiger partial charge on any atom is 0.251 e. The van der Waals surface area contributed by atoms with Crippen LogP contribution in [0.3, 0.4) is 0 Å². The molecule has 0 aromatic heterocycles. The first-order chi connectivity index (χ1) is 10.5. The summed E-state index contributed by atoms with van der Waals surface area (Å²) in [4.78, 5) is 12.2. The molecule has 3 N–H and O–H groups in total. The number of benzene rings is 1. The standard InChI is InChI=1S/C17H26N2O3/c1-5-10-22-14-9-8-13(11-15(14)21-4)16(20)19-12-17(18,6-2)7-3/h5,8-9,11H,1,6-7,10,12,18H2,2-4H3,(H,19,20). The lowest BCUT2D eigenvalue weighted by molar-refractivity contribution is 0.0941. The Balaban J connectivity index is 2.79. The van der Waals surface area contributed by atoms with E-state index < -0.39 is 0 Å². The van der Waals surface area contributed by atoms with E-state index in [1.807, 2.05) is 13.8 Å². The van der Waals surface area contributed by atoms with Crippen molar-refractivity contribution in [2.45, 2.75) is 32.2 Å². The number of hydrogen-bond acceptors (Lipinski definition) is 4. The molecule has 0 unspecified atom stereocenters. The number of hydrogen-bond donors (Lipinski definition) is 2. The lowest BCUT2D eigenvalue weighted by atomic mass is 9.94. The predicted molar refractivity (Wildman–Crippen MR) is 88.5 cm³/mol. The SMILES string of the molecule is C=CCOc1ccc(C(=O)NCC(N)(CC)CC)cc1OC. The lowest BCUT2D eigenvalue weighted by Gasteiger charge is -2.26. The molecule has 1 rings (SSSR count). The van der Waals surface area contributed by atoms with E-state index >= 15 is 0 Å². The molecule has 0 atom stereocenters. The van der Waals surface area contributed by atoms with Crippen molar-refractivity contribution in [2.24, 2.45) is 5.73 Å². The van der Waals surface area contributed by atoms with Crippen LogP contribution in [0.15, 0.2) is 30.9 Å². The van der Waals surface area contributed by atoms with Crippen LogP contribution in [-0.2, 0) is 0 Å². The second-order valence-corrected chi connectivity index (χ2v) is 5.22. The molecule has 0 saturated carbocycles. The van der Waals surface area contributed by atoms with Gasteiger partial charge in [-0.2, -0.15) is 0 Å². The fraction of sp³-hybridized carbons (Fsp3) is 0.471. The molecule has 0 aliphatic carbocycles. The first-order valence-corrected chi connectivity index (χ1v) is 7.48. The number of amides is 1. The zero-order valence-electron chi connectivity index (χ0n) is 13.6. The summed E-state index contributed by atoms with van der Waals surface area (Å²) in [6.45, 7) is 8.46. The number of rotatable bonds is 9. The Hall–Kier alpha value is -2.01. The van der Waals surface area contributed by atoms with Crippen LogP contribution in [0, 0.1) is 0 Å². The van der Waals surface area contributed by atoms with Gasteiger partial charge in [0.2, 0.25) is 0 Å². The summed E-state index contributed by atoms with van der Waals surface area (Å²) in [5, 5.41) is 2.88. The smallest absolute Gasteiger partial charge is 0.251 e. The van der Waals surface area contributed by atoms with E-state index in [0.717, 1.165) is 12.8 Å². The average molecular weight is 306 g/mol. The maximum absolute atomic E-state index is 12.2. The Morgan fingerprint density at radius 3 is 2.59 bits per heavy atom. The summed E-state index contributed by atoms with van der Waals surface area (Å²) < 4.78 is 10.7. The molecule has 1 aromatic carbocycles. The normalized spacial score (nSPS) is 10.9. The third-order valence-electron chi connectivity index (χ3n) is 3.79. The van der Waals surface area contributed by atoms with Crippen molar-refractivity contribution >= 4 is 5.91 Å². The van der Waals surface area contributed by atoms with E-state index in [4.69, 9.17) is 15.2 Å². The molecule has 5 nitrogen and oxygen atoms in total. The van der Waals surface area contributed by atoms with Crippen LogP contribution in [0.4, 0.5) is 0 Å². The average Bonchev–Trinajstić information content (AvgIpc) is 2.57. The van der Waals surface area contributed by atoms with E-state index in [2.05, 4.69) is 11.9 Å². The van der Waals surface area contributed by atoms with Crippen LogP contribution < -0.4 is 20.5 Å². The zero-order valence-corrected chi connectivity index (χ0v) is 13.6. The molecule has 22 heavy (non-hydrogen) atoms. The highest BCUT2D eigenvalue weighted by molar-refractivity contribution is 5.94. The highest BCUT2D eigenvalue weighted by atomic mass is 16.5. The van der Waals surface area contributed by atoms with Crippen molar-refractivity contribution in [3.05, 3.63) is 36.4 Å². The monoisotopic (exact) mass is 306 g/mol. The highest BCUT2D eigenvalue weighted by Crippen LogP contribution is 2.28. The zero-order chi connectivity index (χ0) is 16.6. The fourth-order valence-corrected chi connectivity index (χ4v) is 1.94. The van der Waals surface area contributed by atoms with Gasteiger partial charge in [0.1, 0.15) is 6.61 Å². The van der Waals surface area contributed by atoms with Gasteiger partial charge in [0.25, 0.3) is 5.91 Å². The molecule has 0 spiro atoms. The van der Waals surface area contributed by atoms with Crippen LogP contribution in [0.25, 0.3) is 0 Å². The first-order valence-electron chi connectivity index (χ1n) is 7.48. The van der Waals surface area contributed by atoms with Gasteiger partial charge in [-0.25, -0.2) is 0 Å². The van der Waals surface area contributed by atoms with Gasteiger partial charge in [0.05, 0.1) is 7.11 Å². The molecule has 0 aliphatic heterocycles. The maximum atomic E-state index is 12.2. The van der Waals surface area contributed by atoms with Gasteiger partial charge in [0.15, 0.2) is 11.5 Å². The summed E-state index contributed by atoms with van der Waals surface area (Å²) in [6.07, 6.45) is 3.26. The summed E-state index contributed by atoms with van der Waals surface area (Å²) >= 11 is 0. The molecule has 1 amide bonds. The van der Waals surface area contributed by atoms with Crippen molar-refractivity contribution in [3.63, 3.8) is 0 Å². The third-order valence-corrected chi connectivity index (χ3v) is 3.79. The minimum absolute atomic E-state index is 0.176. The van der Waals surface area contributed by atoms with Crippen molar-refractivity contribution in [2.75, 3.05) is 20.3 Å². The van der Waals surface area contributed by atoms with E-state index in [1.54, 1.807) is 24.3 Å². The number of methoxy groups -OCH3 is 1. The summed E-state index contributed by atoms with van der Waals surface area (Å²) in [7, 11) is 1.54. The number of nitrogens with two attached hydrogens (primary N) is 1. The van der Waals surface area contributed by atoms with Gasteiger partial charge in [0, 0.05) is 17.6 Å². The second kappa shape index (κ2) is 8.44. The van der Waals surface area contributed by atoms with Crippen LogP contribution in [0.2, 0.25) is 0 Å². The summed E-state index contributed by atoms with van der Waals surface area (Å²) in [5.74, 6) is 0.916. The largest absolute Gasteiger partial charge is 0.493 e. The number of ether oxygens (including phenoxy) is 2. The van der Waals surface area contributed by atoms with Crippen LogP contribution >= 0.6 is 0 Å². The number of nitrogens with one attached hydrogen (secondary N) is 1. The molecule has 0 bridgehead atoms. The second-order valence-electron chi connectivity index (χ2n) is 5.22. The van der Waals surface area contributed by atoms with E-state index in [0.29, 0.717) is 30.2 Å². The topological polar surface area (TPSA) is 73.6 Å². The van der Waals surface area contributed by atoms with Crippen LogP contribution in [0.5, 0.6) is 11.5 Å². The Morgan fingerprint density at radius 2 is 2.05 bits per heavy atom. The minimum atomic E-state index is -0.368. The minimum Gasteiger partial charge on any atom is -0.493 e. The molecule has 0 aliphatic rings. The quantitative estimate of drug-likeness (QED) is 0.688. The van der Waals surface area contributed by atoms with Gasteiger partial charge in [-0.3, -0.25) is 4.79 Å². The van der Waals surface area contributed by atoms with Crippen molar-refractivity contribution < 1.29 is 14.3 Å². The Labute approximate surface area is 132 Å². The first kappa shape index (κ1) is 18.0. The van der Waals surface area contributed by atoms with E-state index in [1.165, 1.54) is 7.11 Å². The van der Waals surface area contributed by atoms with E-state index in [-0.39, 0.29) is 11.4 Å². The molecule has 1 aromatic rings. The van der Waals surface area contributed by atoms with Crippen molar-refractivity contribution in [1.82, 2.24) is 5.32 Å². The van der Waals surface area contributed by atoms with Crippen molar-refractivity contribution in [1.29, 1.82) is 0 Å². The van der Waals surface area contributed by atoms with Gasteiger partial charge < -0.3 is 20.5 Å². The van der Waals surface area contributed by atoms with E-state index in [9.17, 15) is 4.79 Å². The Bertz CT molecular complexity index is 511. The number of carbonyl (C=O) groups is 1. The predicted octanol–water partition coefficient (Wildman–Crippen LogP) is 2.51.